The molecule has 0 spiro atoms. The van der Waals surface area contributed by atoms with Gasteiger partial charge in [-0.3, -0.25) is 4.79 Å². The molecule has 92 valence electrons. The maximum atomic E-state index is 12.2. The van der Waals surface area contributed by atoms with Gasteiger partial charge in [-0.2, -0.15) is 0 Å². The third-order valence-electron chi connectivity index (χ3n) is 3.95. The first-order chi connectivity index (χ1) is 7.62. The number of carbonyl (C=O) groups excluding carboxylic acids is 1. The Labute approximate surface area is 97.1 Å². The molecule has 0 aromatic heterocycles. The van der Waals surface area contributed by atoms with Crippen molar-refractivity contribution < 1.29 is 9.53 Å². The quantitative estimate of drug-likeness (QED) is 0.727. The Bertz CT molecular complexity index is 262. The average Bonchev–Trinajstić information content (AvgIpc) is 2.65. The molecule has 0 saturated carbocycles. The Morgan fingerprint density at radius 3 is 2.69 bits per heavy atom. The van der Waals surface area contributed by atoms with Gasteiger partial charge in [-0.1, -0.05) is 6.92 Å². The molecule has 0 radical (unpaired) electrons. The van der Waals surface area contributed by atoms with E-state index in [0.29, 0.717) is 0 Å². The maximum Gasteiger partial charge on any atom is 0.226 e. The highest BCUT2D eigenvalue weighted by Crippen LogP contribution is 2.28. The van der Waals surface area contributed by atoms with Crippen LogP contribution in [0.1, 0.15) is 33.1 Å². The summed E-state index contributed by atoms with van der Waals surface area (Å²) in [6.07, 6.45) is 2.97. The molecule has 2 N–H and O–H groups in total. The molecule has 16 heavy (non-hydrogen) atoms. The molecule has 2 aliphatic rings. The molecule has 2 aliphatic heterocycles. The van der Waals surface area contributed by atoms with E-state index in [9.17, 15) is 4.79 Å². The summed E-state index contributed by atoms with van der Waals surface area (Å²) >= 11 is 0. The lowest BCUT2D eigenvalue weighted by molar-refractivity contribution is -0.132. The second kappa shape index (κ2) is 4.72. The van der Waals surface area contributed by atoms with Gasteiger partial charge in [0.2, 0.25) is 5.91 Å². The van der Waals surface area contributed by atoms with Crippen molar-refractivity contribution in [2.24, 2.45) is 5.41 Å². The second-order valence-electron chi connectivity index (χ2n) is 5.26. The third kappa shape index (κ3) is 2.38. The summed E-state index contributed by atoms with van der Waals surface area (Å²) in [5.74, 6) is 0.205. The van der Waals surface area contributed by atoms with Crippen LogP contribution in [0.25, 0.3) is 0 Å². The SMILES string of the molecule is CC1OCCC1NC(=O)C1(C)CCNCC1. The largest absolute Gasteiger partial charge is 0.376 e. The van der Waals surface area contributed by atoms with E-state index >= 15 is 0 Å². The van der Waals surface area contributed by atoms with Crippen LogP contribution in [0.4, 0.5) is 0 Å². The smallest absolute Gasteiger partial charge is 0.226 e. The fourth-order valence-electron chi connectivity index (χ4n) is 2.47. The van der Waals surface area contributed by atoms with Gasteiger partial charge >= 0.3 is 0 Å². The van der Waals surface area contributed by atoms with Crippen molar-refractivity contribution in [3.8, 4) is 0 Å². The first-order valence-corrected chi connectivity index (χ1v) is 6.25. The molecule has 2 saturated heterocycles. The zero-order valence-corrected chi connectivity index (χ0v) is 10.2. The minimum atomic E-state index is -0.187. The van der Waals surface area contributed by atoms with Gasteiger partial charge in [0, 0.05) is 12.0 Å². The summed E-state index contributed by atoms with van der Waals surface area (Å²) in [6.45, 7) is 6.76. The normalized spacial score (nSPS) is 33.6. The molecule has 0 aromatic carbocycles. The molecule has 0 aromatic rings. The number of hydrogen-bond donors (Lipinski definition) is 2. The molecule has 2 fully saturated rings. The number of piperidine rings is 1. The Hall–Kier alpha value is -0.610. The van der Waals surface area contributed by atoms with E-state index in [2.05, 4.69) is 17.6 Å². The van der Waals surface area contributed by atoms with Crippen molar-refractivity contribution in [1.82, 2.24) is 10.6 Å². The van der Waals surface area contributed by atoms with Crippen molar-refractivity contribution in [2.75, 3.05) is 19.7 Å². The van der Waals surface area contributed by atoms with Gasteiger partial charge in [0.1, 0.15) is 0 Å². The van der Waals surface area contributed by atoms with Crippen LogP contribution in [0.5, 0.6) is 0 Å². The van der Waals surface area contributed by atoms with E-state index in [4.69, 9.17) is 4.74 Å². The number of carbonyl (C=O) groups is 1. The predicted octanol–water partition coefficient (Wildman–Crippen LogP) is 0.670. The molecule has 2 heterocycles. The second-order valence-corrected chi connectivity index (χ2v) is 5.26. The van der Waals surface area contributed by atoms with Gasteiger partial charge < -0.3 is 15.4 Å². The molecular weight excluding hydrogens is 204 g/mol. The van der Waals surface area contributed by atoms with Gasteiger partial charge in [0.15, 0.2) is 0 Å². The van der Waals surface area contributed by atoms with Gasteiger partial charge in [-0.25, -0.2) is 0 Å². The van der Waals surface area contributed by atoms with E-state index < -0.39 is 0 Å². The summed E-state index contributed by atoms with van der Waals surface area (Å²) in [5.41, 5.74) is -0.187. The van der Waals surface area contributed by atoms with E-state index in [1.54, 1.807) is 0 Å². The molecule has 2 rings (SSSR count). The first-order valence-electron chi connectivity index (χ1n) is 6.25. The molecule has 4 heteroatoms. The molecular formula is C12H22N2O2. The van der Waals surface area contributed by atoms with E-state index in [1.807, 2.05) is 6.92 Å². The van der Waals surface area contributed by atoms with Crippen LogP contribution in [0.3, 0.4) is 0 Å². The number of hydrogen-bond acceptors (Lipinski definition) is 3. The minimum Gasteiger partial charge on any atom is -0.376 e. The van der Waals surface area contributed by atoms with Crippen molar-refractivity contribution in [2.45, 2.75) is 45.3 Å². The number of ether oxygens (including phenoxy) is 1. The van der Waals surface area contributed by atoms with E-state index in [1.165, 1.54) is 0 Å². The van der Waals surface area contributed by atoms with Crippen LogP contribution >= 0.6 is 0 Å². The van der Waals surface area contributed by atoms with Crippen molar-refractivity contribution in [1.29, 1.82) is 0 Å². The van der Waals surface area contributed by atoms with E-state index in [-0.39, 0.29) is 23.5 Å². The fraction of sp³-hybridized carbons (Fsp3) is 0.917. The summed E-state index contributed by atoms with van der Waals surface area (Å²) in [5, 5.41) is 6.44. The van der Waals surface area contributed by atoms with Crippen molar-refractivity contribution in [3.05, 3.63) is 0 Å². The van der Waals surface area contributed by atoms with Crippen molar-refractivity contribution in [3.63, 3.8) is 0 Å². The predicted molar refractivity (Wildman–Crippen MR) is 62.2 cm³/mol. The zero-order valence-electron chi connectivity index (χ0n) is 10.2. The molecule has 0 bridgehead atoms. The molecule has 2 atom stereocenters. The standard InChI is InChI=1S/C12H22N2O2/c1-9-10(3-8-16-9)14-11(15)12(2)4-6-13-7-5-12/h9-10,13H,3-8H2,1-2H3,(H,14,15). The Morgan fingerprint density at radius 1 is 1.44 bits per heavy atom. The highest BCUT2D eigenvalue weighted by Gasteiger charge is 2.37. The van der Waals surface area contributed by atoms with Gasteiger partial charge in [0.05, 0.1) is 12.1 Å². The minimum absolute atomic E-state index is 0.161. The van der Waals surface area contributed by atoms with Crippen LogP contribution in [-0.4, -0.2) is 37.7 Å². The summed E-state index contributed by atoms with van der Waals surface area (Å²) in [4.78, 5) is 12.2. The fourth-order valence-corrected chi connectivity index (χ4v) is 2.47. The van der Waals surface area contributed by atoms with Gasteiger partial charge in [-0.15, -0.1) is 0 Å². The van der Waals surface area contributed by atoms with Gasteiger partial charge in [0.25, 0.3) is 0 Å². The number of rotatable bonds is 2. The lowest BCUT2D eigenvalue weighted by Crippen LogP contribution is -2.50. The van der Waals surface area contributed by atoms with Gasteiger partial charge in [-0.05, 0) is 39.3 Å². The number of nitrogens with one attached hydrogen (secondary N) is 2. The van der Waals surface area contributed by atoms with Crippen LogP contribution in [0.2, 0.25) is 0 Å². The Kier molecular flexibility index (Phi) is 3.50. The number of amides is 1. The topological polar surface area (TPSA) is 50.4 Å². The van der Waals surface area contributed by atoms with Crippen molar-refractivity contribution >= 4 is 5.91 Å². The summed E-state index contributed by atoms with van der Waals surface area (Å²) in [7, 11) is 0. The first kappa shape index (κ1) is 11.9. The molecule has 1 amide bonds. The summed E-state index contributed by atoms with van der Waals surface area (Å²) < 4.78 is 5.46. The lowest BCUT2D eigenvalue weighted by atomic mass is 9.80. The highest BCUT2D eigenvalue weighted by atomic mass is 16.5. The third-order valence-corrected chi connectivity index (χ3v) is 3.95. The Balaban J connectivity index is 1.91. The summed E-state index contributed by atoms with van der Waals surface area (Å²) in [6, 6.07) is 0.208. The molecule has 4 nitrogen and oxygen atoms in total. The van der Waals surface area contributed by atoms with Crippen LogP contribution < -0.4 is 10.6 Å². The van der Waals surface area contributed by atoms with Crippen LogP contribution in [0, 0.1) is 5.41 Å². The highest BCUT2D eigenvalue weighted by molar-refractivity contribution is 5.82. The average molecular weight is 226 g/mol. The molecule has 2 unspecified atom stereocenters. The lowest BCUT2D eigenvalue weighted by Gasteiger charge is -2.34. The van der Waals surface area contributed by atoms with Crippen LogP contribution in [-0.2, 0) is 9.53 Å². The zero-order chi connectivity index (χ0) is 11.6. The van der Waals surface area contributed by atoms with E-state index in [0.717, 1.165) is 39.0 Å². The Morgan fingerprint density at radius 2 is 2.12 bits per heavy atom. The molecule has 0 aliphatic carbocycles. The van der Waals surface area contributed by atoms with Crippen LogP contribution in [0.15, 0.2) is 0 Å². The monoisotopic (exact) mass is 226 g/mol. The maximum absolute atomic E-state index is 12.2.